The molecule has 1 aromatic heterocycles. The predicted molar refractivity (Wildman–Crippen MR) is 98.8 cm³/mol. The Morgan fingerprint density at radius 3 is 2.68 bits per heavy atom. The molecule has 1 fully saturated rings. The second-order valence-corrected chi connectivity index (χ2v) is 7.02. The summed E-state index contributed by atoms with van der Waals surface area (Å²) in [5.74, 6) is 0.826. The lowest BCUT2D eigenvalue weighted by molar-refractivity contribution is -0.127. The molecule has 0 spiro atoms. The second-order valence-electron chi connectivity index (χ2n) is 7.02. The van der Waals surface area contributed by atoms with E-state index in [-0.39, 0.29) is 5.91 Å². The van der Waals surface area contributed by atoms with Crippen molar-refractivity contribution in [3.05, 3.63) is 53.9 Å². The van der Waals surface area contributed by atoms with Gasteiger partial charge in [0.05, 0.1) is 12.7 Å². The minimum atomic E-state index is 0.0390. The van der Waals surface area contributed by atoms with Crippen molar-refractivity contribution >= 4 is 12.0 Å². The van der Waals surface area contributed by atoms with Crippen LogP contribution in [-0.4, -0.2) is 38.9 Å². The lowest BCUT2D eigenvalue weighted by Gasteiger charge is -2.33. The fourth-order valence-electron chi connectivity index (χ4n) is 3.32. The van der Waals surface area contributed by atoms with Gasteiger partial charge in [0, 0.05) is 19.2 Å². The van der Waals surface area contributed by atoms with Crippen molar-refractivity contribution < 1.29 is 4.79 Å². The average molecular weight is 338 g/mol. The van der Waals surface area contributed by atoms with Crippen LogP contribution < -0.4 is 0 Å². The first kappa shape index (κ1) is 17.4. The van der Waals surface area contributed by atoms with Gasteiger partial charge in [0.25, 0.3) is 0 Å². The molecule has 1 heterocycles. The number of rotatable bonds is 5. The normalized spacial score (nSPS) is 20.7. The maximum atomic E-state index is 12.4. The molecule has 0 saturated heterocycles. The van der Waals surface area contributed by atoms with Crippen LogP contribution in [0.3, 0.4) is 0 Å². The number of hydrogen-bond donors (Lipinski definition) is 0. The zero-order chi connectivity index (χ0) is 17.6. The molecular formula is C20H26N4O. The fourth-order valence-corrected chi connectivity index (χ4v) is 3.32. The van der Waals surface area contributed by atoms with Crippen LogP contribution in [0.15, 0.2) is 42.6 Å². The van der Waals surface area contributed by atoms with E-state index in [2.05, 4.69) is 29.4 Å². The molecule has 1 saturated carbocycles. The summed E-state index contributed by atoms with van der Waals surface area (Å²) in [5, 5.41) is 8.24. The van der Waals surface area contributed by atoms with Crippen LogP contribution in [0.1, 0.15) is 43.9 Å². The van der Waals surface area contributed by atoms with Crippen molar-refractivity contribution in [1.82, 2.24) is 19.9 Å². The molecule has 1 aromatic carbocycles. The van der Waals surface area contributed by atoms with Crippen LogP contribution in [0, 0.1) is 5.92 Å². The number of likely N-dealkylation sites (N-methyl/N-ethyl adjacent to an activating group) is 1. The van der Waals surface area contributed by atoms with Gasteiger partial charge in [-0.1, -0.05) is 42.5 Å². The first-order valence-electron chi connectivity index (χ1n) is 9.01. The molecule has 132 valence electrons. The topological polar surface area (TPSA) is 51.0 Å². The van der Waals surface area contributed by atoms with E-state index in [1.54, 1.807) is 16.8 Å². The highest BCUT2D eigenvalue weighted by atomic mass is 16.2. The molecule has 3 rings (SSSR count). The SMILES string of the molecule is CC1CCC(N(C)C(=O)/C=C/c2cn(Cc3ccccc3)nn2)CC1. The Hall–Kier alpha value is -2.43. The highest BCUT2D eigenvalue weighted by Gasteiger charge is 2.23. The molecule has 1 aliphatic carbocycles. The van der Waals surface area contributed by atoms with Crippen molar-refractivity contribution in [2.24, 2.45) is 5.92 Å². The Kier molecular flexibility index (Phi) is 5.64. The molecule has 0 aliphatic heterocycles. The zero-order valence-electron chi connectivity index (χ0n) is 15.0. The summed E-state index contributed by atoms with van der Waals surface area (Å²) < 4.78 is 1.78. The molecule has 1 amide bonds. The summed E-state index contributed by atoms with van der Waals surface area (Å²) in [6, 6.07) is 10.5. The van der Waals surface area contributed by atoms with E-state index in [1.165, 1.54) is 18.4 Å². The van der Waals surface area contributed by atoms with Crippen LogP contribution in [0.25, 0.3) is 6.08 Å². The Balaban J connectivity index is 1.55. The zero-order valence-corrected chi connectivity index (χ0v) is 15.0. The highest BCUT2D eigenvalue weighted by molar-refractivity contribution is 5.91. The Morgan fingerprint density at radius 2 is 1.96 bits per heavy atom. The molecule has 25 heavy (non-hydrogen) atoms. The molecular weight excluding hydrogens is 312 g/mol. The van der Waals surface area contributed by atoms with E-state index in [0.717, 1.165) is 18.8 Å². The standard InChI is InChI=1S/C20H26N4O/c1-16-8-11-19(12-9-16)23(2)20(25)13-10-18-15-24(22-21-18)14-17-6-4-3-5-7-17/h3-7,10,13,15-16,19H,8-9,11-12,14H2,1-2H3/b13-10+. The van der Waals surface area contributed by atoms with Gasteiger partial charge in [0.1, 0.15) is 5.69 Å². The second kappa shape index (κ2) is 8.10. The predicted octanol–water partition coefficient (Wildman–Crippen LogP) is 3.38. The number of carbonyl (C=O) groups is 1. The summed E-state index contributed by atoms with van der Waals surface area (Å²) in [5.41, 5.74) is 1.88. The van der Waals surface area contributed by atoms with Gasteiger partial charge in [-0.05, 0) is 43.2 Å². The number of carbonyl (C=O) groups excluding carboxylic acids is 1. The first-order valence-corrected chi connectivity index (χ1v) is 9.01. The molecule has 0 atom stereocenters. The van der Waals surface area contributed by atoms with E-state index < -0.39 is 0 Å². The van der Waals surface area contributed by atoms with Gasteiger partial charge < -0.3 is 4.90 Å². The first-order chi connectivity index (χ1) is 12.1. The maximum Gasteiger partial charge on any atom is 0.246 e. The van der Waals surface area contributed by atoms with Crippen LogP contribution in [0.2, 0.25) is 0 Å². The van der Waals surface area contributed by atoms with Crippen LogP contribution in [0.5, 0.6) is 0 Å². The average Bonchev–Trinajstić information content (AvgIpc) is 3.08. The lowest BCUT2D eigenvalue weighted by Crippen LogP contribution is -2.38. The van der Waals surface area contributed by atoms with Crippen molar-refractivity contribution in [2.75, 3.05) is 7.05 Å². The van der Waals surface area contributed by atoms with Crippen molar-refractivity contribution in [3.8, 4) is 0 Å². The third-order valence-electron chi connectivity index (χ3n) is 5.02. The van der Waals surface area contributed by atoms with E-state index in [4.69, 9.17) is 0 Å². The quantitative estimate of drug-likeness (QED) is 0.785. The van der Waals surface area contributed by atoms with Crippen LogP contribution in [0.4, 0.5) is 0 Å². The smallest absolute Gasteiger partial charge is 0.246 e. The third-order valence-corrected chi connectivity index (χ3v) is 5.02. The van der Waals surface area contributed by atoms with Gasteiger partial charge in [0.2, 0.25) is 5.91 Å². The van der Waals surface area contributed by atoms with Gasteiger partial charge in [-0.2, -0.15) is 0 Å². The van der Waals surface area contributed by atoms with Gasteiger partial charge in [0.15, 0.2) is 0 Å². The Labute approximate surface area is 149 Å². The minimum Gasteiger partial charge on any atom is -0.339 e. The van der Waals surface area contributed by atoms with Crippen molar-refractivity contribution in [1.29, 1.82) is 0 Å². The minimum absolute atomic E-state index is 0.0390. The molecule has 5 nitrogen and oxygen atoms in total. The highest BCUT2D eigenvalue weighted by Crippen LogP contribution is 2.26. The Morgan fingerprint density at radius 1 is 1.24 bits per heavy atom. The summed E-state index contributed by atoms with van der Waals surface area (Å²) in [7, 11) is 1.90. The molecule has 2 aromatic rings. The van der Waals surface area contributed by atoms with Gasteiger partial charge in [-0.15, -0.1) is 5.10 Å². The third kappa shape index (κ3) is 4.78. The fraction of sp³-hybridized carbons (Fsp3) is 0.450. The number of nitrogens with zero attached hydrogens (tertiary/aromatic N) is 4. The lowest BCUT2D eigenvalue weighted by atomic mass is 9.87. The number of hydrogen-bond acceptors (Lipinski definition) is 3. The summed E-state index contributed by atoms with van der Waals surface area (Å²) in [6.07, 6.45) is 9.83. The molecule has 0 N–H and O–H groups in total. The van der Waals surface area contributed by atoms with Crippen LogP contribution in [-0.2, 0) is 11.3 Å². The van der Waals surface area contributed by atoms with Crippen LogP contribution >= 0.6 is 0 Å². The van der Waals surface area contributed by atoms with Crippen molar-refractivity contribution in [2.45, 2.75) is 45.2 Å². The summed E-state index contributed by atoms with van der Waals surface area (Å²) in [4.78, 5) is 14.3. The summed E-state index contributed by atoms with van der Waals surface area (Å²) >= 11 is 0. The van der Waals surface area contributed by atoms with Gasteiger partial charge in [-0.3, -0.25) is 4.79 Å². The number of aromatic nitrogens is 3. The largest absolute Gasteiger partial charge is 0.339 e. The van der Waals surface area contributed by atoms with E-state index in [9.17, 15) is 4.79 Å². The van der Waals surface area contributed by atoms with E-state index in [1.807, 2.05) is 36.3 Å². The number of benzene rings is 1. The van der Waals surface area contributed by atoms with Gasteiger partial charge in [-0.25, -0.2) is 4.68 Å². The van der Waals surface area contributed by atoms with Crippen molar-refractivity contribution in [3.63, 3.8) is 0 Å². The van der Waals surface area contributed by atoms with E-state index in [0.29, 0.717) is 18.3 Å². The van der Waals surface area contributed by atoms with E-state index >= 15 is 0 Å². The maximum absolute atomic E-state index is 12.4. The van der Waals surface area contributed by atoms with Gasteiger partial charge >= 0.3 is 0 Å². The molecule has 0 unspecified atom stereocenters. The monoisotopic (exact) mass is 338 g/mol. The molecule has 5 heteroatoms. The summed E-state index contributed by atoms with van der Waals surface area (Å²) in [6.45, 7) is 2.96. The molecule has 0 radical (unpaired) electrons. The molecule has 1 aliphatic rings. The Bertz CT molecular complexity index is 714. The molecule has 0 bridgehead atoms. The number of amides is 1.